The summed E-state index contributed by atoms with van der Waals surface area (Å²) in [6.07, 6.45) is 0.781. The maximum absolute atomic E-state index is 11.7. The molecular weight excluding hydrogens is 244 g/mol. The van der Waals surface area contributed by atoms with Crippen molar-refractivity contribution in [3.63, 3.8) is 0 Å². The maximum atomic E-state index is 11.7. The van der Waals surface area contributed by atoms with Crippen molar-refractivity contribution in [1.82, 2.24) is 5.32 Å². The van der Waals surface area contributed by atoms with Crippen LogP contribution in [0.2, 0.25) is 0 Å². The van der Waals surface area contributed by atoms with Crippen molar-refractivity contribution in [1.29, 1.82) is 0 Å². The second kappa shape index (κ2) is 8.50. The summed E-state index contributed by atoms with van der Waals surface area (Å²) < 4.78 is 10.4. The molecule has 0 saturated heterocycles. The lowest BCUT2D eigenvalue weighted by Crippen LogP contribution is -2.32. The molecule has 1 atom stereocenters. The topological polar surface area (TPSA) is 73.6 Å². The fourth-order valence-electron chi connectivity index (χ4n) is 1.84. The van der Waals surface area contributed by atoms with E-state index in [4.69, 9.17) is 15.2 Å². The fraction of sp³-hybridized carbons (Fsp3) is 0.500. The van der Waals surface area contributed by atoms with Crippen LogP contribution in [0.15, 0.2) is 24.3 Å². The number of carbonyl (C=O) groups excluding carboxylic acids is 1. The summed E-state index contributed by atoms with van der Waals surface area (Å²) in [7, 11) is 1.62. The number of ether oxygens (including phenoxy) is 2. The summed E-state index contributed by atoms with van der Waals surface area (Å²) in [5.41, 5.74) is 6.27. The van der Waals surface area contributed by atoms with Gasteiger partial charge in [-0.2, -0.15) is 0 Å². The Morgan fingerprint density at radius 1 is 1.42 bits per heavy atom. The predicted molar refractivity (Wildman–Crippen MR) is 74.0 cm³/mol. The number of methoxy groups -OCH3 is 1. The third-order valence-electron chi connectivity index (χ3n) is 2.75. The van der Waals surface area contributed by atoms with E-state index in [0.717, 1.165) is 17.7 Å². The lowest BCUT2D eigenvalue weighted by molar-refractivity contribution is -0.126. The van der Waals surface area contributed by atoms with E-state index in [0.29, 0.717) is 13.2 Å². The summed E-state index contributed by atoms with van der Waals surface area (Å²) in [6, 6.07) is 7.59. The van der Waals surface area contributed by atoms with Crippen LogP contribution >= 0.6 is 0 Å². The summed E-state index contributed by atoms with van der Waals surface area (Å²) in [4.78, 5) is 11.7. The Morgan fingerprint density at radius 3 is 2.79 bits per heavy atom. The summed E-state index contributed by atoms with van der Waals surface area (Å²) in [5.74, 6) is 0.628. The molecule has 0 radical (unpaired) electrons. The molecule has 0 bridgehead atoms. The van der Waals surface area contributed by atoms with Crippen molar-refractivity contribution in [3.8, 4) is 5.75 Å². The SMILES string of the molecule is CCC(NC(=O)COCCN)c1ccccc1OC. The molecule has 1 amide bonds. The highest BCUT2D eigenvalue weighted by Gasteiger charge is 2.16. The molecule has 0 spiro atoms. The lowest BCUT2D eigenvalue weighted by Gasteiger charge is -2.19. The number of nitrogens with two attached hydrogens (primary N) is 1. The van der Waals surface area contributed by atoms with Gasteiger partial charge < -0.3 is 20.5 Å². The number of nitrogens with one attached hydrogen (secondary N) is 1. The first-order valence-corrected chi connectivity index (χ1v) is 6.43. The van der Waals surface area contributed by atoms with E-state index in [1.54, 1.807) is 7.11 Å². The Balaban J connectivity index is 2.64. The number of carbonyl (C=O) groups is 1. The third-order valence-corrected chi connectivity index (χ3v) is 2.75. The second-order valence-electron chi connectivity index (χ2n) is 4.11. The Morgan fingerprint density at radius 2 is 2.16 bits per heavy atom. The molecule has 0 heterocycles. The van der Waals surface area contributed by atoms with E-state index in [1.807, 2.05) is 31.2 Å². The zero-order chi connectivity index (χ0) is 14.1. The molecule has 19 heavy (non-hydrogen) atoms. The van der Waals surface area contributed by atoms with Crippen LogP contribution in [0.3, 0.4) is 0 Å². The van der Waals surface area contributed by atoms with Crippen molar-refractivity contribution in [2.75, 3.05) is 26.9 Å². The first-order valence-electron chi connectivity index (χ1n) is 6.43. The van der Waals surface area contributed by atoms with Gasteiger partial charge in [0, 0.05) is 12.1 Å². The van der Waals surface area contributed by atoms with Crippen LogP contribution in [0, 0.1) is 0 Å². The number of para-hydroxylation sites is 1. The highest BCUT2D eigenvalue weighted by atomic mass is 16.5. The van der Waals surface area contributed by atoms with Gasteiger partial charge in [-0.05, 0) is 12.5 Å². The van der Waals surface area contributed by atoms with Crippen LogP contribution in [-0.2, 0) is 9.53 Å². The molecule has 1 aromatic rings. The standard InChI is InChI=1S/C14H22N2O3/c1-3-12(16-14(17)10-19-9-8-15)11-6-4-5-7-13(11)18-2/h4-7,12H,3,8-10,15H2,1-2H3,(H,16,17). The average Bonchev–Trinajstić information content (AvgIpc) is 2.45. The van der Waals surface area contributed by atoms with Gasteiger partial charge in [0.2, 0.25) is 5.91 Å². The number of hydrogen-bond donors (Lipinski definition) is 2. The largest absolute Gasteiger partial charge is 0.496 e. The highest BCUT2D eigenvalue weighted by molar-refractivity contribution is 5.77. The molecule has 5 heteroatoms. The van der Waals surface area contributed by atoms with Crippen molar-refractivity contribution in [2.24, 2.45) is 5.73 Å². The van der Waals surface area contributed by atoms with Crippen molar-refractivity contribution in [2.45, 2.75) is 19.4 Å². The molecule has 0 aliphatic heterocycles. The van der Waals surface area contributed by atoms with Crippen molar-refractivity contribution < 1.29 is 14.3 Å². The van der Waals surface area contributed by atoms with Gasteiger partial charge in [0.1, 0.15) is 12.4 Å². The maximum Gasteiger partial charge on any atom is 0.246 e. The van der Waals surface area contributed by atoms with Crippen LogP contribution in [0.5, 0.6) is 5.75 Å². The van der Waals surface area contributed by atoms with E-state index >= 15 is 0 Å². The lowest BCUT2D eigenvalue weighted by atomic mass is 10.0. The third kappa shape index (κ3) is 4.89. The zero-order valence-corrected chi connectivity index (χ0v) is 11.5. The molecule has 0 aliphatic carbocycles. The summed E-state index contributed by atoms with van der Waals surface area (Å²) >= 11 is 0. The van der Waals surface area contributed by atoms with Crippen LogP contribution in [-0.4, -0.2) is 32.8 Å². The van der Waals surface area contributed by atoms with Gasteiger partial charge in [0.15, 0.2) is 0 Å². The molecule has 0 fully saturated rings. The van der Waals surface area contributed by atoms with Crippen LogP contribution < -0.4 is 15.8 Å². The van der Waals surface area contributed by atoms with Gasteiger partial charge in [-0.1, -0.05) is 25.1 Å². The molecule has 0 saturated carbocycles. The first kappa shape index (κ1) is 15.5. The van der Waals surface area contributed by atoms with E-state index in [-0.39, 0.29) is 18.6 Å². The first-order chi connectivity index (χ1) is 9.22. The normalized spacial score (nSPS) is 11.9. The van der Waals surface area contributed by atoms with Gasteiger partial charge in [0.05, 0.1) is 19.8 Å². The molecular formula is C14H22N2O3. The monoisotopic (exact) mass is 266 g/mol. The molecule has 1 unspecified atom stereocenters. The van der Waals surface area contributed by atoms with Crippen molar-refractivity contribution >= 4 is 5.91 Å². The van der Waals surface area contributed by atoms with Crippen LogP contribution in [0.25, 0.3) is 0 Å². The zero-order valence-electron chi connectivity index (χ0n) is 11.5. The van der Waals surface area contributed by atoms with Crippen LogP contribution in [0.4, 0.5) is 0 Å². The summed E-state index contributed by atoms with van der Waals surface area (Å²) in [5, 5.41) is 2.93. The average molecular weight is 266 g/mol. The van der Waals surface area contributed by atoms with Gasteiger partial charge >= 0.3 is 0 Å². The Hall–Kier alpha value is -1.59. The quantitative estimate of drug-likeness (QED) is 0.694. The number of hydrogen-bond acceptors (Lipinski definition) is 4. The minimum atomic E-state index is -0.147. The molecule has 3 N–H and O–H groups in total. The van der Waals surface area contributed by atoms with E-state index in [9.17, 15) is 4.79 Å². The molecule has 1 aromatic carbocycles. The molecule has 0 aliphatic rings. The van der Waals surface area contributed by atoms with Gasteiger partial charge in [-0.15, -0.1) is 0 Å². The molecule has 106 valence electrons. The van der Waals surface area contributed by atoms with Gasteiger partial charge in [-0.3, -0.25) is 4.79 Å². The van der Waals surface area contributed by atoms with Gasteiger partial charge in [-0.25, -0.2) is 0 Å². The minimum absolute atomic E-state index is 0.0306. The summed E-state index contributed by atoms with van der Waals surface area (Å²) in [6.45, 7) is 2.84. The second-order valence-corrected chi connectivity index (χ2v) is 4.11. The minimum Gasteiger partial charge on any atom is -0.496 e. The number of benzene rings is 1. The predicted octanol–water partition coefficient (Wildman–Crippen LogP) is 1.24. The highest BCUT2D eigenvalue weighted by Crippen LogP contribution is 2.26. The van der Waals surface area contributed by atoms with Gasteiger partial charge in [0.25, 0.3) is 0 Å². The van der Waals surface area contributed by atoms with E-state index in [2.05, 4.69) is 5.32 Å². The smallest absolute Gasteiger partial charge is 0.246 e. The van der Waals surface area contributed by atoms with E-state index in [1.165, 1.54) is 0 Å². The Bertz CT molecular complexity index is 396. The Kier molecular flexibility index (Phi) is 6.92. The van der Waals surface area contributed by atoms with Crippen LogP contribution in [0.1, 0.15) is 24.9 Å². The molecule has 5 nitrogen and oxygen atoms in total. The number of rotatable bonds is 8. The molecule has 1 rings (SSSR count). The van der Waals surface area contributed by atoms with E-state index < -0.39 is 0 Å². The fourth-order valence-corrected chi connectivity index (χ4v) is 1.84. The molecule has 0 aromatic heterocycles. The Labute approximate surface area is 114 Å². The number of amides is 1. The van der Waals surface area contributed by atoms with Crippen molar-refractivity contribution in [3.05, 3.63) is 29.8 Å².